The standard InChI is InChI=1S/C11H12ClF4NO.ClH/c1-2-8(18)10(17)6-3-5(11(14,15)16)4-7(12)9(6)13;/h3-4,8,10,18H,2,17H2,1H3;1H/t8-,10+;/m1./s1. The van der Waals surface area contributed by atoms with E-state index in [1.165, 1.54) is 0 Å². The van der Waals surface area contributed by atoms with Crippen LogP contribution in [0.4, 0.5) is 17.6 Å². The second-order valence-corrected chi connectivity index (χ2v) is 4.27. The van der Waals surface area contributed by atoms with Gasteiger partial charge in [0.25, 0.3) is 0 Å². The van der Waals surface area contributed by atoms with E-state index in [2.05, 4.69) is 0 Å². The minimum Gasteiger partial charge on any atom is -0.391 e. The number of hydrogen-bond donors (Lipinski definition) is 2. The average molecular weight is 322 g/mol. The predicted octanol–water partition coefficient (Wildman–Crippen LogP) is 3.69. The molecule has 0 amide bonds. The van der Waals surface area contributed by atoms with Crippen molar-refractivity contribution in [3.05, 3.63) is 34.1 Å². The van der Waals surface area contributed by atoms with Gasteiger partial charge in [-0.2, -0.15) is 13.2 Å². The van der Waals surface area contributed by atoms with E-state index in [1.807, 2.05) is 0 Å². The summed E-state index contributed by atoms with van der Waals surface area (Å²) in [4.78, 5) is 0. The van der Waals surface area contributed by atoms with E-state index in [9.17, 15) is 22.7 Å². The van der Waals surface area contributed by atoms with Gasteiger partial charge in [0.1, 0.15) is 5.82 Å². The number of aliphatic hydroxyl groups excluding tert-OH is 1. The van der Waals surface area contributed by atoms with Gasteiger partial charge in [-0.25, -0.2) is 4.39 Å². The fourth-order valence-electron chi connectivity index (χ4n) is 1.48. The minimum atomic E-state index is -4.65. The Kier molecular flexibility index (Phi) is 6.54. The maximum Gasteiger partial charge on any atom is 0.416 e. The van der Waals surface area contributed by atoms with Crippen LogP contribution in [0.25, 0.3) is 0 Å². The summed E-state index contributed by atoms with van der Waals surface area (Å²) in [5, 5.41) is 8.80. The molecule has 2 nitrogen and oxygen atoms in total. The smallest absolute Gasteiger partial charge is 0.391 e. The molecule has 1 rings (SSSR count). The van der Waals surface area contributed by atoms with E-state index in [0.717, 1.165) is 0 Å². The lowest BCUT2D eigenvalue weighted by atomic mass is 9.98. The molecule has 8 heteroatoms. The summed E-state index contributed by atoms with van der Waals surface area (Å²) in [6.45, 7) is 1.58. The molecule has 0 unspecified atom stereocenters. The highest BCUT2D eigenvalue weighted by Crippen LogP contribution is 2.35. The van der Waals surface area contributed by atoms with Crippen LogP contribution in [0.3, 0.4) is 0 Å². The molecule has 0 saturated carbocycles. The Hall–Kier alpha value is -0.560. The van der Waals surface area contributed by atoms with Crippen LogP contribution in [0.2, 0.25) is 5.02 Å². The molecular formula is C11H13Cl2F4NO. The lowest BCUT2D eigenvalue weighted by Gasteiger charge is -2.20. The summed E-state index contributed by atoms with van der Waals surface area (Å²) in [5.41, 5.74) is 3.98. The Morgan fingerprint density at radius 2 is 1.89 bits per heavy atom. The van der Waals surface area contributed by atoms with Crippen molar-refractivity contribution in [1.82, 2.24) is 0 Å². The second-order valence-electron chi connectivity index (χ2n) is 3.86. The highest BCUT2D eigenvalue weighted by molar-refractivity contribution is 6.30. The van der Waals surface area contributed by atoms with Gasteiger partial charge in [-0.3, -0.25) is 0 Å². The molecule has 0 spiro atoms. The number of aliphatic hydroxyl groups is 1. The number of benzene rings is 1. The van der Waals surface area contributed by atoms with Crippen LogP contribution >= 0.6 is 24.0 Å². The molecule has 19 heavy (non-hydrogen) atoms. The molecule has 3 N–H and O–H groups in total. The van der Waals surface area contributed by atoms with Gasteiger partial charge < -0.3 is 10.8 Å². The van der Waals surface area contributed by atoms with Crippen molar-refractivity contribution in [2.24, 2.45) is 5.73 Å². The highest BCUT2D eigenvalue weighted by atomic mass is 35.5. The van der Waals surface area contributed by atoms with Crippen LogP contribution in [-0.4, -0.2) is 11.2 Å². The number of nitrogens with two attached hydrogens (primary N) is 1. The van der Waals surface area contributed by atoms with E-state index in [4.69, 9.17) is 17.3 Å². The van der Waals surface area contributed by atoms with Gasteiger partial charge in [0.05, 0.1) is 22.7 Å². The summed E-state index contributed by atoms with van der Waals surface area (Å²) < 4.78 is 51.3. The molecule has 0 aromatic heterocycles. The summed E-state index contributed by atoms with van der Waals surface area (Å²) >= 11 is 5.40. The van der Waals surface area contributed by atoms with Gasteiger partial charge in [0.2, 0.25) is 0 Å². The van der Waals surface area contributed by atoms with E-state index in [0.29, 0.717) is 12.1 Å². The first-order valence-corrected chi connectivity index (χ1v) is 5.56. The molecule has 0 fully saturated rings. The molecule has 1 aromatic rings. The summed E-state index contributed by atoms with van der Waals surface area (Å²) in [5.74, 6) is -1.04. The van der Waals surface area contributed by atoms with E-state index in [1.54, 1.807) is 6.92 Å². The first-order chi connectivity index (χ1) is 8.18. The van der Waals surface area contributed by atoms with Gasteiger partial charge in [-0.05, 0) is 18.6 Å². The Bertz CT molecular complexity index is 439. The maximum absolute atomic E-state index is 13.6. The SMILES string of the molecule is CC[C@@H](O)[C@@H](N)c1cc(C(F)(F)F)cc(Cl)c1F.Cl. The Morgan fingerprint density at radius 1 is 1.37 bits per heavy atom. The maximum atomic E-state index is 13.6. The largest absolute Gasteiger partial charge is 0.416 e. The third-order valence-electron chi connectivity index (χ3n) is 2.58. The van der Waals surface area contributed by atoms with Crippen LogP contribution in [0.1, 0.15) is 30.5 Å². The van der Waals surface area contributed by atoms with Crippen molar-refractivity contribution in [2.45, 2.75) is 31.7 Å². The molecule has 0 saturated heterocycles. The fourth-order valence-corrected chi connectivity index (χ4v) is 1.70. The second kappa shape index (κ2) is 6.74. The number of alkyl halides is 3. The summed E-state index contributed by atoms with van der Waals surface area (Å²) in [6, 6.07) is -0.189. The number of rotatable bonds is 3. The van der Waals surface area contributed by atoms with E-state index < -0.39 is 40.3 Å². The molecular weight excluding hydrogens is 309 g/mol. The normalized spacial score (nSPS) is 14.7. The quantitative estimate of drug-likeness (QED) is 0.834. The zero-order valence-electron chi connectivity index (χ0n) is 9.84. The Balaban J connectivity index is 0.00000324. The first-order valence-electron chi connectivity index (χ1n) is 5.18. The molecule has 2 atom stereocenters. The third-order valence-corrected chi connectivity index (χ3v) is 2.85. The molecule has 0 radical (unpaired) electrons. The average Bonchev–Trinajstić information content (AvgIpc) is 2.29. The van der Waals surface area contributed by atoms with Crippen molar-refractivity contribution in [1.29, 1.82) is 0 Å². The van der Waals surface area contributed by atoms with Gasteiger partial charge in [0, 0.05) is 5.56 Å². The van der Waals surface area contributed by atoms with Crippen molar-refractivity contribution in [3.63, 3.8) is 0 Å². The third kappa shape index (κ3) is 4.21. The molecule has 110 valence electrons. The van der Waals surface area contributed by atoms with E-state index >= 15 is 0 Å². The van der Waals surface area contributed by atoms with Crippen molar-refractivity contribution < 1.29 is 22.7 Å². The molecule has 1 aromatic carbocycles. The fraction of sp³-hybridized carbons (Fsp3) is 0.455. The topological polar surface area (TPSA) is 46.2 Å². The number of hydrogen-bond acceptors (Lipinski definition) is 2. The zero-order valence-corrected chi connectivity index (χ0v) is 11.4. The highest BCUT2D eigenvalue weighted by Gasteiger charge is 2.33. The van der Waals surface area contributed by atoms with Gasteiger partial charge in [0.15, 0.2) is 0 Å². The minimum absolute atomic E-state index is 0. The molecule has 0 heterocycles. The predicted molar refractivity (Wildman–Crippen MR) is 66.9 cm³/mol. The van der Waals surface area contributed by atoms with Crippen LogP contribution in [0.5, 0.6) is 0 Å². The number of halogens is 6. The van der Waals surface area contributed by atoms with Crippen LogP contribution in [0, 0.1) is 5.82 Å². The Morgan fingerprint density at radius 3 is 2.32 bits per heavy atom. The van der Waals surface area contributed by atoms with Crippen molar-refractivity contribution in [3.8, 4) is 0 Å². The van der Waals surface area contributed by atoms with Gasteiger partial charge in [-0.15, -0.1) is 12.4 Å². The van der Waals surface area contributed by atoms with Crippen molar-refractivity contribution >= 4 is 24.0 Å². The Labute approximate surface area is 119 Å². The lowest BCUT2D eigenvalue weighted by Crippen LogP contribution is -2.27. The van der Waals surface area contributed by atoms with Crippen LogP contribution < -0.4 is 5.73 Å². The van der Waals surface area contributed by atoms with Crippen molar-refractivity contribution in [2.75, 3.05) is 0 Å². The molecule has 0 bridgehead atoms. The summed E-state index contributed by atoms with van der Waals surface area (Å²) in [7, 11) is 0. The zero-order chi connectivity index (χ0) is 14.1. The summed E-state index contributed by atoms with van der Waals surface area (Å²) in [6.07, 6.45) is -5.60. The molecule has 0 aliphatic rings. The van der Waals surface area contributed by atoms with Gasteiger partial charge in [-0.1, -0.05) is 18.5 Å². The molecule has 0 aliphatic carbocycles. The van der Waals surface area contributed by atoms with Crippen LogP contribution in [-0.2, 0) is 6.18 Å². The first kappa shape index (κ1) is 18.4. The van der Waals surface area contributed by atoms with Crippen LogP contribution in [0.15, 0.2) is 12.1 Å². The molecule has 0 aliphatic heterocycles. The van der Waals surface area contributed by atoms with Gasteiger partial charge >= 0.3 is 6.18 Å². The monoisotopic (exact) mass is 321 g/mol. The van der Waals surface area contributed by atoms with E-state index in [-0.39, 0.29) is 18.8 Å². The lowest BCUT2D eigenvalue weighted by molar-refractivity contribution is -0.137.